The number of hydrogen-bond acceptors (Lipinski definition) is 5. The molecule has 2 aromatic heterocycles. The normalized spacial score (nSPS) is 12.4. The Hall–Kier alpha value is -2.68. The smallest absolute Gasteiger partial charge is 0.137 e. The summed E-state index contributed by atoms with van der Waals surface area (Å²) in [6, 6.07) is 1.01. The zero-order valence-corrected chi connectivity index (χ0v) is 11.3. The van der Waals surface area contributed by atoms with Crippen LogP contribution in [0.4, 0.5) is 8.78 Å². The Morgan fingerprint density at radius 2 is 1.73 bits per heavy atom. The highest BCUT2D eigenvalue weighted by atomic mass is 19.1. The molecule has 7 nitrogen and oxygen atoms in total. The summed E-state index contributed by atoms with van der Waals surface area (Å²) in [4.78, 5) is 7.53. The molecule has 1 N–H and O–H groups in total. The second-order valence-corrected chi connectivity index (χ2v) is 4.76. The predicted octanol–water partition coefficient (Wildman–Crippen LogP) is 0.736. The Bertz CT molecular complexity index is 757. The largest absolute Gasteiger partial charge is 0.381 e. The summed E-state index contributed by atoms with van der Waals surface area (Å²) in [5, 5.41) is 18.8. The second kappa shape index (κ2) is 5.60. The maximum atomic E-state index is 14.2. The molecule has 0 fully saturated rings. The molecule has 0 spiro atoms. The van der Waals surface area contributed by atoms with Crippen LogP contribution in [0.1, 0.15) is 6.93 Å². The number of aromatic nitrogens is 6. The first-order valence-electron chi connectivity index (χ1n) is 6.81. The van der Waals surface area contributed by atoms with Crippen LogP contribution in [0.3, 0.4) is 0 Å². The number of rotatable bonds is 5. The van der Waals surface area contributed by atoms with Gasteiger partial charge in [-0.15, -0.1) is 0 Å². The first kappa shape index (κ1) is 13.0. The summed E-state index contributed by atoms with van der Waals surface area (Å²) in [5.41, 5.74) is -2.05. The fourth-order valence-corrected chi connectivity index (χ4v) is 2.18. The van der Waals surface area contributed by atoms with E-state index in [-0.39, 0.29) is 18.7 Å². The summed E-state index contributed by atoms with van der Waals surface area (Å²) in [5.74, 6) is -1.96. The van der Waals surface area contributed by atoms with Crippen LogP contribution in [0, 0.1) is 11.6 Å². The van der Waals surface area contributed by atoms with Crippen LogP contribution in [0.25, 0.3) is 0 Å². The molecule has 0 aliphatic carbocycles. The molecule has 2 heterocycles. The van der Waals surface area contributed by atoms with Gasteiger partial charge < -0.3 is 5.11 Å². The van der Waals surface area contributed by atoms with Crippen molar-refractivity contribution in [2.75, 3.05) is 0 Å². The predicted molar refractivity (Wildman–Crippen MR) is 70.3 cm³/mol. The fourth-order valence-electron chi connectivity index (χ4n) is 2.18. The van der Waals surface area contributed by atoms with Gasteiger partial charge in [0.1, 0.15) is 42.5 Å². The van der Waals surface area contributed by atoms with Gasteiger partial charge in [-0.25, -0.2) is 28.1 Å². The standard InChI is InChI=1S/C13H12F2N6O/c14-10-1-2-11(12(15)3-10)13(22,4-20-8-16-6-18-20)5-21-9-17-7-19-21/h1-3,6-9,22H,4-5H2/i1D. The molecule has 0 aliphatic heterocycles. The highest BCUT2D eigenvalue weighted by molar-refractivity contribution is 5.25. The molecule has 3 rings (SSSR count). The van der Waals surface area contributed by atoms with Gasteiger partial charge in [0, 0.05) is 11.6 Å². The lowest BCUT2D eigenvalue weighted by atomic mass is 9.93. The van der Waals surface area contributed by atoms with Crippen molar-refractivity contribution in [1.82, 2.24) is 29.5 Å². The minimum atomic E-state index is -1.82. The Balaban J connectivity index is 2.05. The lowest BCUT2D eigenvalue weighted by Crippen LogP contribution is -2.37. The second-order valence-electron chi connectivity index (χ2n) is 4.76. The molecule has 1 aromatic carbocycles. The zero-order chi connectivity index (χ0) is 16.4. The molecule has 3 aromatic rings. The van der Waals surface area contributed by atoms with Crippen molar-refractivity contribution in [3.63, 3.8) is 0 Å². The Labute approximate surface area is 125 Å². The summed E-state index contributed by atoms with van der Waals surface area (Å²) < 4.78 is 37.7. The average Bonchev–Trinajstić information content (AvgIpc) is 3.16. The molecule has 0 saturated heterocycles. The van der Waals surface area contributed by atoms with E-state index in [9.17, 15) is 13.9 Å². The van der Waals surface area contributed by atoms with Crippen LogP contribution in [0.15, 0.2) is 43.5 Å². The highest BCUT2D eigenvalue weighted by Crippen LogP contribution is 2.28. The lowest BCUT2D eigenvalue weighted by molar-refractivity contribution is -0.00855. The van der Waals surface area contributed by atoms with Crippen molar-refractivity contribution in [3.05, 3.63) is 60.7 Å². The molecule has 0 aliphatic rings. The van der Waals surface area contributed by atoms with Crippen molar-refractivity contribution in [3.8, 4) is 0 Å². The maximum absolute atomic E-state index is 14.2. The highest BCUT2D eigenvalue weighted by Gasteiger charge is 2.34. The van der Waals surface area contributed by atoms with E-state index in [1.807, 2.05) is 0 Å². The van der Waals surface area contributed by atoms with E-state index >= 15 is 0 Å². The lowest BCUT2D eigenvalue weighted by Gasteiger charge is -2.28. The van der Waals surface area contributed by atoms with Crippen LogP contribution >= 0.6 is 0 Å². The molecule has 114 valence electrons. The third-order valence-corrected chi connectivity index (χ3v) is 3.15. The van der Waals surface area contributed by atoms with Gasteiger partial charge in [-0.1, -0.05) is 6.07 Å². The molecule has 0 atom stereocenters. The van der Waals surface area contributed by atoms with E-state index < -0.39 is 23.3 Å². The Kier molecular flexibility index (Phi) is 3.31. The van der Waals surface area contributed by atoms with E-state index in [0.717, 1.165) is 6.07 Å². The quantitative estimate of drug-likeness (QED) is 0.752. The van der Waals surface area contributed by atoms with E-state index in [1.165, 1.54) is 34.7 Å². The molecule has 0 amide bonds. The summed E-state index contributed by atoms with van der Waals surface area (Å²) >= 11 is 0. The number of halogens is 2. The summed E-state index contributed by atoms with van der Waals surface area (Å²) in [6.45, 7) is -0.316. The first-order chi connectivity index (χ1) is 11.0. The average molecular weight is 307 g/mol. The van der Waals surface area contributed by atoms with E-state index in [2.05, 4.69) is 20.2 Å². The van der Waals surface area contributed by atoms with Crippen molar-refractivity contribution >= 4 is 0 Å². The topological polar surface area (TPSA) is 81.6 Å². The minimum absolute atomic E-state index is 0.158. The van der Waals surface area contributed by atoms with Crippen molar-refractivity contribution < 1.29 is 15.3 Å². The van der Waals surface area contributed by atoms with Crippen LogP contribution in [-0.2, 0) is 18.7 Å². The maximum Gasteiger partial charge on any atom is 0.137 e. The molecule has 0 saturated carbocycles. The number of hydrogen-bond donors (Lipinski definition) is 1. The third-order valence-electron chi connectivity index (χ3n) is 3.15. The monoisotopic (exact) mass is 307 g/mol. The van der Waals surface area contributed by atoms with Crippen molar-refractivity contribution in [2.45, 2.75) is 18.7 Å². The molecular weight excluding hydrogens is 294 g/mol. The fraction of sp³-hybridized carbons (Fsp3) is 0.231. The zero-order valence-electron chi connectivity index (χ0n) is 12.3. The SMILES string of the molecule is [2H]c1cc(C(O)(Cn2cncn2)Cn2cncn2)c(F)cc1F. The van der Waals surface area contributed by atoms with Crippen LogP contribution < -0.4 is 0 Å². The van der Waals surface area contributed by atoms with Gasteiger partial charge in [0.15, 0.2) is 0 Å². The number of benzene rings is 1. The van der Waals surface area contributed by atoms with Gasteiger partial charge in [0.2, 0.25) is 0 Å². The van der Waals surface area contributed by atoms with Gasteiger partial charge >= 0.3 is 0 Å². The van der Waals surface area contributed by atoms with Crippen LogP contribution in [-0.4, -0.2) is 34.6 Å². The van der Waals surface area contributed by atoms with Crippen molar-refractivity contribution in [2.24, 2.45) is 0 Å². The van der Waals surface area contributed by atoms with Crippen molar-refractivity contribution in [1.29, 1.82) is 0 Å². The molecular formula is C13H12F2N6O. The molecule has 0 radical (unpaired) electrons. The molecule has 9 heteroatoms. The van der Waals surface area contributed by atoms with E-state index in [1.54, 1.807) is 0 Å². The van der Waals surface area contributed by atoms with Crippen LogP contribution in [0.2, 0.25) is 0 Å². The molecule has 0 bridgehead atoms. The first-order valence-corrected chi connectivity index (χ1v) is 6.31. The van der Waals surface area contributed by atoms with Gasteiger partial charge in [-0.3, -0.25) is 0 Å². The van der Waals surface area contributed by atoms with Gasteiger partial charge in [0.05, 0.1) is 14.5 Å². The minimum Gasteiger partial charge on any atom is -0.381 e. The number of nitrogens with zero attached hydrogens (tertiary/aromatic N) is 6. The Morgan fingerprint density at radius 3 is 2.23 bits per heavy atom. The van der Waals surface area contributed by atoms with E-state index in [4.69, 9.17) is 1.37 Å². The van der Waals surface area contributed by atoms with E-state index in [0.29, 0.717) is 6.07 Å². The van der Waals surface area contributed by atoms with Gasteiger partial charge in [0.25, 0.3) is 0 Å². The molecule has 22 heavy (non-hydrogen) atoms. The summed E-state index contributed by atoms with van der Waals surface area (Å²) in [7, 11) is 0. The molecule has 0 unspecified atom stereocenters. The van der Waals surface area contributed by atoms with Gasteiger partial charge in [-0.2, -0.15) is 10.2 Å². The third kappa shape index (κ3) is 2.84. The summed E-state index contributed by atoms with van der Waals surface area (Å²) in [6.07, 6.45) is 5.25. The number of aliphatic hydroxyl groups is 1. The Morgan fingerprint density at radius 1 is 1.14 bits per heavy atom. The van der Waals surface area contributed by atoms with Crippen LogP contribution in [0.5, 0.6) is 0 Å². The van der Waals surface area contributed by atoms with Gasteiger partial charge in [-0.05, 0) is 6.04 Å².